The molecule has 0 aliphatic rings. The van der Waals surface area contributed by atoms with Gasteiger partial charge in [0.05, 0.1) is 0 Å². The van der Waals surface area contributed by atoms with E-state index in [1.165, 1.54) is 18.2 Å². The standard InChI is InChI=1S/C17H19BNO5P/c1-25(2,24)17(12-6-4-3-5-7-12)19-16(21)13-8-9-15(18(22)23)14(10-13)11-20/h3-11,17,22-23H,1-2H3,(H,19,21)/t17-/m1/s1. The molecule has 0 aliphatic heterocycles. The fourth-order valence-corrected chi connectivity index (χ4v) is 3.81. The van der Waals surface area contributed by atoms with Crippen LogP contribution in [0, 0.1) is 0 Å². The van der Waals surface area contributed by atoms with Crippen LogP contribution in [0.3, 0.4) is 0 Å². The van der Waals surface area contributed by atoms with Crippen molar-refractivity contribution in [1.82, 2.24) is 5.32 Å². The summed E-state index contributed by atoms with van der Waals surface area (Å²) in [4.78, 5) is 23.7. The van der Waals surface area contributed by atoms with E-state index in [1.54, 1.807) is 37.6 Å². The number of carbonyl (C=O) groups excluding carboxylic acids is 2. The van der Waals surface area contributed by atoms with Gasteiger partial charge in [-0.3, -0.25) is 9.59 Å². The molecule has 1 amide bonds. The molecule has 1 atom stereocenters. The van der Waals surface area contributed by atoms with E-state index < -0.39 is 26.0 Å². The Hall–Kier alpha value is -2.21. The summed E-state index contributed by atoms with van der Waals surface area (Å²) in [5, 5.41) is 21.2. The second kappa shape index (κ2) is 7.78. The highest BCUT2D eigenvalue weighted by atomic mass is 31.2. The van der Waals surface area contributed by atoms with Gasteiger partial charge < -0.3 is 19.9 Å². The van der Waals surface area contributed by atoms with Gasteiger partial charge in [0.15, 0.2) is 0 Å². The minimum Gasteiger partial charge on any atom is -0.423 e. The van der Waals surface area contributed by atoms with Crippen molar-refractivity contribution >= 4 is 31.9 Å². The molecule has 2 aromatic rings. The van der Waals surface area contributed by atoms with Crippen LogP contribution < -0.4 is 10.8 Å². The Kier molecular flexibility index (Phi) is 5.95. The zero-order chi connectivity index (χ0) is 18.6. The molecule has 3 N–H and O–H groups in total. The van der Waals surface area contributed by atoms with Gasteiger partial charge in [0.1, 0.15) is 19.2 Å². The summed E-state index contributed by atoms with van der Waals surface area (Å²) in [7, 11) is -4.50. The number of hydrogen-bond donors (Lipinski definition) is 3. The fourth-order valence-electron chi connectivity index (χ4n) is 2.49. The first kappa shape index (κ1) is 19.1. The summed E-state index contributed by atoms with van der Waals surface area (Å²) in [5.41, 5.74) is 0.918. The minimum atomic E-state index is -2.70. The van der Waals surface area contributed by atoms with Crippen LogP contribution in [-0.4, -0.2) is 42.7 Å². The zero-order valence-electron chi connectivity index (χ0n) is 13.9. The van der Waals surface area contributed by atoms with E-state index in [-0.39, 0.29) is 16.6 Å². The molecule has 2 rings (SSSR count). The first-order valence-corrected chi connectivity index (χ1v) is 10.3. The minimum absolute atomic E-state index is 0.00934. The first-order valence-electron chi connectivity index (χ1n) is 7.59. The summed E-state index contributed by atoms with van der Waals surface area (Å²) in [6.07, 6.45) is 0.449. The summed E-state index contributed by atoms with van der Waals surface area (Å²) in [6.45, 7) is 3.18. The molecule has 25 heavy (non-hydrogen) atoms. The van der Waals surface area contributed by atoms with Crippen molar-refractivity contribution in [3.8, 4) is 0 Å². The van der Waals surface area contributed by atoms with Crippen LogP contribution >= 0.6 is 7.14 Å². The number of nitrogens with one attached hydrogen (secondary N) is 1. The van der Waals surface area contributed by atoms with Crippen molar-refractivity contribution in [1.29, 1.82) is 0 Å². The molecule has 0 unspecified atom stereocenters. The van der Waals surface area contributed by atoms with Crippen molar-refractivity contribution < 1.29 is 24.2 Å². The van der Waals surface area contributed by atoms with Crippen LogP contribution in [0.1, 0.15) is 32.1 Å². The highest BCUT2D eigenvalue weighted by Crippen LogP contribution is 2.50. The number of hydrogen-bond acceptors (Lipinski definition) is 5. The number of amides is 1. The second-order valence-electron chi connectivity index (χ2n) is 6.06. The Morgan fingerprint density at radius 1 is 1.16 bits per heavy atom. The molecule has 0 radical (unpaired) electrons. The van der Waals surface area contributed by atoms with Crippen LogP contribution in [0.4, 0.5) is 0 Å². The van der Waals surface area contributed by atoms with E-state index in [0.29, 0.717) is 6.29 Å². The lowest BCUT2D eigenvalue weighted by atomic mass is 9.77. The average molecular weight is 359 g/mol. The Morgan fingerprint density at radius 3 is 2.32 bits per heavy atom. The molecule has 8 heteroatoms. The van der Waals surface area contributed by atoms with Crippen LogP contribution in [-0.2, 0) is 4.57 Å². The lowest BCUT2D eigenvalue weighted by molar-refractivity contribution is 0.0947. The fraction of sp³-hybridized carbons (Fsp3) is 0.176. The highest BCUT2D eigenvalue weighted by molar-refractivity contribution is 7.62. The molecule has 0 spiro atoms. The van der Waals surface area contributed by atoms with E-state index in [4.69, 9.17) is 0 Å². The maximum absolute atomic E-state index is 12.6. The molecule has 2 aromatic carbocycles. The van der Waals surface area contributed by atoms with Crippen molar-refractivity contribution in [3.63, 3.8) is 0 Å². The molecule has 0 bridgehead atoms. The van der Waals surface area contributed by atoms with E-state index >= 15 is 0 Å². The lowest BCUT2D eigenvalue weighted by Crippen LogP contribution is -2.34. The highest BCUT2D eigenvalue weighted by Gasteiger charge is 2.27. The third kappa shape index (κ3) is 4.66. The molecule has 0 saturated carbocycles. The average Bonchev–Trinajstić information content (AvgIpc) is 2.58. The molecular formula is C17H19BNO5P. The van der Waals surface area contributed by atoms with Crippen molar-refractivity contribution in [2.75, 3.05) is 13.3 Å². The van der Waals surface area contributed by atoms with Gasteiger partial charge >= 0.3 is 7.12 Å². The SMILES string of the molecule is CP(C)(=O)[C@@H](NC(=O)c1ccc(B(O)O)c(C=O)c1)c1ccccc1. The maximum Gasteiger partial charge on any atom is 0.489 e. The summed E-state index contributed by atoms with van der Waals surface area (Å²) < 4.78 is 12.6. The first-order chi connectivity index (χ1) is 11.7. The molecule has 0 aliphatic carbocycles. The van der Waals surface area contributed by atoms with E-state index in [0.717, 1.165) is 5.56 Å². The third-order valence-electron chi connectivity index (χ3n) is 3.76. The summed E-state index contributed by atoms with van der Waals surface area (Å²) >= 11 is 0. The van der Waals surface area contributed by atoms with Crippen molar-refractivity contribution in [2.24, 2.45) is 0 Å². The van der Waals surface area contributed by atoms with E-state index in [1.807, 2.05) is 6.07 Å². The zero-order valence-corrected chi connectivity index (χ0v) is 14.8. The molecule has 0 heterocycles. The van der Waals surface area contributed by atoms with Crippen molar-refractivity contribution in [3.05, 3.63) is 65.2 Å². The topological polar surface area (TPSA) is 104 Å². The third-order valence-corrected chi connectivity index (χ3v) is 5.43. The van der Waals surface area contributed by atoms with Gasteiger partial charge in [-0.2, -0.15) is 0 Å². The van der Waals surface area contributed by atoms with Gasteiger partial charge in [-0.1, -0.05) is 36.4 Å². The Balaban J connectivity index is 2.33. The normalized spacial score (nSPS) is 12.3. The van der Waals surface area contributed by atoms with Crippen molar-refractivity contribution in [2.45, 2.75) is 5.78 Å². The van der Waals surface area contributed by atoms with Gasteiger partial charge in [0.2, 0.25) is 0 Å². The van der Waals surface area contributed by atoms with E-state index in [2.05, 4.69) is 5.32 Å². The number of carbonyl (C=O) groups is 2. The van der Waals surface area contributed by atoms with Crippen LogP contribution in [0.25, 0.3) is 0 Å². The summed E-state index contributed by atoms with van der Waals surface area (Å²) in [6, 6.07) is 13.0. The van der Waals surface area contributed by atoms with Crippen LogP contribution in [0.15, 0.2) is 48.5 Å². The summed E-state index contributed by atoms with van der Waals surface area (Å²) in [5.74, 6) is -1.16. The predicted octanol–water partition coefficient (Wildman–Crippen LogP) is 1.23. The molecule has 0 saturated heterocycles. The van der Waals surface area contributed by atoms with Crippen LogP contribution in [0.2, 0.25) is 0 Å². The van der Waals surface area contributed by atoms with Gasteiger partial charge in [-0.15, -0.1) is 0 Å². The Bertz CT molecular complexity index is 819. The molecular weight excluding hydrogens is 340 g/mol. The number of aldehydes is 1. The lowest BCUT2D eigenvalue weighted by Gasteiger charge is -2.23. The number of rotatable bonds is 6. The predicted molar refractivity (Wildman–Crippen MR) is 97.8 cm³/mol. The van der Waals surface area contributed by atoms with Gasteiger partial charge in [0.25, 0.3) is 5.91 Å². The smallest absolute Gasteiger partial charge is 0.423 e. The Morgan fingerprint density at radius 2 is 1.80 bits per heavy atom. The Labute approximate surface area is 146 Å². The monoisotopic (exact) mass is 359 g/mol. The van der Waals surface area contributed by atoms with Gasteiger partial charge in [-0.25, -0.2) is 0 Å². The van der Waals surface area contributed by atoms with Gasteiger partial charge in [0, 0.05) is 11.1 Å². The maximum atomic E-state index is 12.6. The largest absolute Gasteiger partial charge is 0.489 e. The molecule has 6 nitrogen and oxygen atoms in total. The van der Waals surface area contributed by atoms with Gasteiger partial charge in [-0.05, 0) is 36.5 Å². The second-order valence-corrected chi connectivity index (χ2v) is 9.44. The van der Waals surface area contributed by atoms with Crippen LogP contribution in [0.5, 0.6) is 0 Å². The molecule has 0 aromatic heterocycles. The molecule has 0 fully saturated rings. The molecule has 130 valence electrons. The van der Waals surface area contributed by atoms with E-state index in [9.17, 15) is 24.2 Å². The quantitative estimate of drug-likeness (QED) is 0.409. The number of benzene rings is 2.